The Labute approximate surface area is 289 Å². The van der Waals surface area contributed by atoms with Gasteiger partial charge in [-0.15, -0.1) is 0 Å². The summed E-state index contributed by atoms with van der Waals surface area (Å²) in [5, 5.41) is 19.5. The molecule has 0 aliphatic carbocycles. The molecule has 0 rings (SSSR count). The summed E-state index contributed by atoms with van der Waals surface area (Å²) in [6, 6.07) is 0. The monoisotopic (exact) mass is 657 g/mol. The number of hydrogen-bond donors (Lipinski definition) is 0. The second-order valence-electron chi connectivity index (χ2n) is 15.8. The number of rotatable bonds is 31. The van der Waals surface area contributed by atoms with Gasteiger partial charge in [0.1, 0.15) is 0 Å². The molecular formula is C40H84N2O4. The van der Waals surface area contributed by atoms with Gasteiger partial charge in [0, 0.05) is 11.9 Å². The summed E-state index contributed by atoms with van der Waals surface area (Å²) in [6.45, 7) is 7.24. The van der Waals surface area contributed by atoms with Crippen molar-refractivity contribution in [3.63, 3.8) is 0 Å². The van der Waals surface area contributed by atoms with Gasteiger partial charge in [0.2, 0.25) is 0 Å². The van der Waals surface area contributed by atoms with E-state index in [0.717, 1.165) is 8.97 Å². The highest BCUT2D eigenvalue weighted by Gasteiger charge is 2.06. The number of carboxylic acids is 2. The van der Waals surface area contributed by atoms with Crippen LogP contribution in [0.25, 0.3) is 0 Å². The molecule has 0 aromatic carbocycles. The van der Waals surface area contributed by atoms with Gasteiger partial charge in [-0.05, 0) is 51.4 Å². The second-order valence-corrected chi connectivity index (χ2v) is 15.8. The number of aliphatic carboxylic acids is 2. The molecule has 0 aliphatic rings. The van der Waals surface area contributed by atoms with Crippen molar-refractivity contribution < 1.29 is 28.8 Å². The van der Waals surface area contributed by atoms with Crippen LogP contribution < -0.4 is 10.2 Å². The fraction of sp³-hybridized carbons (Fsp3) is 0.950. The molecule has 0 amide bonds. The van der Waals surface area contributed by atoms with Crippen LogP contribution in [0.4, 0.5) is 0 Å². The van der Waals surface area contributed by atoms with Crippen LogP contribution in [-0.2, 0) is 9.59 Å². The third-order valence-electron chi connectivity index (χ3n) is 8.38. The number of nitrogens with zero attached hydrogens (tertiary/aromatic N) is 2. The van der Waals surface area contributed by atoms with Crippen LogP contribution in [0.2, 0.25) is 0 Å². The number of carbonyl (C=O) groups is 2. The summed E-state index contributed by atoms with van der Waals surface area (Å²) in [5.74, 6) is -2.28. The molecule has 0 saturated heterocycles. The average molecular weight is 657 g/mol. The number of hydrogen-bond acceptors (Lipinski definition) is 4. The lowest BCUT2D eigenvalue weighted by molar-refractivity contribution is -0.870. The predicted octanol–water partition coefficient (Wildman–Crippen LogP) is 8.83. The maximum absolute atomic E-state index is 9.77. The molecule has 0 spiro atoms. The Hall–Kier alpha value is -1.14. The van der Waals surface area contributed by atoms with Crippen LogP contribution in [0.1, 0.15) is 194 Å². The van der Waals surface area contributed by atoms with E-state index in [9.17, 15) is 19.8 Å². The Morgan fingerprint density at radius 3 is 0.717 bits per heavy atom. The van der Waals surface area contributed by atoms with E-state index in [2.05, 4.69) is 56.1 Å². The third-order valence-corrected chi connectivity index (χ3v) is 8.38. The molecule has 6 nitrogen and oxygen atoms in total. The minimum absolute atomic E-state index is 0.0761. The summed E-state index contributed by atoms with van der Waals surface area (Å²) >= 11 is 0. The van der Waals surface area contributed by atoms with Crippen molar-refractivity contribution in [1.82, 2.24) is 0 Å². The van der Waals surface area contributed by atoms with E-state index < -0.39 is 11.9 Å². The first-order valence-electron chi connectivity index (χ1n) is 19.8. The van der Waals surface area contributed by atoms with Gasteiger partial charge in [-0.25, -0.2) is 0 Å². The molecule has 0 aromatic rings. The lowest BCUT2D eigenvalue weighted by Gasteiger charge is -2.23. The quantitative estimate of drug-likeness (QED) is 0.0552. The van der Waals surface area contributed by atoms with Crippen LogP contribution >= 0.6 is 0 Å². The summed E-state index contributed by atoms with van der Waals surface area (Å²) in [6.07, 6.45) is 35.3. The zero-order chi connectivity index (χ0) is 35.4. The summed E-state index contributed by atoms with van der Waals surface area (Å²) in [5.41, 5.74) is 0. The molecule has 0 radical (unpaired) electrons. The Morgan fingerprint density at radius 2 is 0.543 bits per heavy atom. The normalized spacial score (nSPS) is 11.4. The summed E-state index contributed by atoms with van der Waals surface area (Å²) in [4.78, 5) is 19.5. The van der Waals surface area contributed by atoms with Gasteiger partial charge >= 0.3 is 0 Å². The predicted molar refractivity (Wildman–Crippen MR) is 196 cm³/mol. The van der Waals surface area contributed by atoms with Gasteiger partial charge in [-0.3, -0.25) is 0 Å². The van der Waals surface area contributed by atoms with E-state index in [4.69, 9.17) is 0 Å². The summed E-state index contributed by atoms with van der Waals surface area (Å²) < 4.78 is 2.25. The summed E-state index contributed by atoms with van der Waals surface area (Å²) in [7, 11) is 13.7. The number of carboxylic acid groups (broad SMARTS) is 2. The standard InChI is InChI=1S/2C17H38N.C6H10O4/c2*1-5-6-7-8-9-10-11-12-13-14-15-16-17-18(2,3)4;7-5(8)3-1-2-4-6(9)10/h2*5-17H2,1-4H3;1-4H2,(H,7,8)(H,9,10)/q2*+1;/p-2. The van der Waals surface area contributed by atoms with Gasteiger partial charge in [-0.2, -0.15) is 0 Å². The first-order chi connectivity index (χ1) is 21.7. The molecule has 0 unspecified atom stereocenters. The minimum atomic E-state index is -1.14. The Kier molecular flexibility index (Phi) is 39.3. The van der Waals surface area contributed by atoms with Crippen LogP contribution in [-0.4, -0.2) is 76.3 Å². The Balaban J connectivity index is -0.000000630. The zero-order valence-electron chi connectivity index (χ0n) is 32.7. The smallest absolute Gasteiger partial charge is 0.0780 e. The molecule has 46 heavy (non-hydrogen) atoms. The van der Waals surface area contributed by atoms with Crippen LogP contribution in [0.3, 0.4) is 0 Å². The number of quaternary nitrogens is 2. The highest BCUT2D eigenvalue weighted by Crippen LogP contribution is 2.13. The van der Waals surface area contributed by atoms with Crippen LogP contribution in [0.15, 0.2) is 0 Å². The van der Waals surface area contributed by atoms with E-state index >= 15 is 0 Å². The van der Waals surface area contributed by atoms with E-state index in [0.29, 0.717) is 12.8 Å². The average Bonchev–Trinajstić information content (AvgIpc) is 2.96. The van der Waals surface area contributed by atoms with E-state index in [1.165, 1.54) is 167 Å². The maximum Gasteiger partial charge on any atom is 0.0780 e. The van der Waals surface area contributed by atoms with Crippen molar-refractivity contribution in [3.8, 4) is 0 Å². The van der Waals surface area contributed by atoms with E-state index in [1.807, 2.05) is 0 Å². The molecule has 0 atom stereocenters. The van der Waals surface area contributed by atoms with Crippen molar-refractivity contribution >= 4 is 11.9 Å². The molecule has 0 bridgehead atoms. The zero-order valence-corrected chi connectivity index (χ0v) is 32.7. The molecular weight excluding hydrogens is 572 g/mol. The topological polar surface area (TPSA) is 80.3 Å². The second kappa shape index (κ2) is 36.7. The minimum Gasteiger partial charge on any atom is -0.550 e. The molecule has 0 aliphatic heterocycles. The van der Waals surface area contributed by atoms with Gasteiger partial charge in [0.05, 0.1) is 55.4 Å². The first kappa shape index (κ1) is 49.2. The van der Waals surface area contributed by atoms with Gasteiger partial charge in [0.25, 0.3) is 0 Å². The fourth-order valence-corrected chi connectivity index (χ4v) is 5.39. The third kappa shape index (κ3) is 58.4. The number of unbranched alkanes of at least 4 members (excludes halogenated alkanes) is 23. The first-order valence-corrected chi connectivity index (χ1v) is 19.8. The molecule has 0 fully saturated rings. The van der Waals surface area contributed by atoms with Crippen molar-refractivity contribution in [2.75, 3.05) is 55.4 Å². The van der Waals surface area contributed by atoms with Gasteiger partial charge in [-0.1, -0.05) is 142 Å². The highest BCUT2D eigenvalue weighted by atomic mass is 16.4. The SMILES string of the molecule is CCCCCCCCCCCCCC[N+](C)(C)C.CCCCCCCCCCCCCC[N+](C)(C)C.O=C([O-])CCCCC(=O)[O-]. The Bertz CT molecular complexity index is 572. The lowest BCUT2D eigenvalue weighted by atomic mass is 10.1. The van der Waals surface area contributed by atoms with Crippen molar-refractivity contribution in [3.05, 3.63) is 0 Å². The molecule has 0 aromatic heterocycles. The van der Waals surface area contributed by atoms with Gasteiger partial charge < -0.3 is 28.8 Å². The van der Waals surface area contributed by atoms with Crippen molar-refractivity contribution in [2.24, 2.45) is 0 Å². The van der Waals surface area contributed by atoms with E-state index in [1.54, 1.807) is 0 Å². The van der Waals surface area contributed by atoms with E-state index in [-0.39, 0.29) is 12.8 Å². The Morgan fingerprint density at radius 1 is 0.348 bits per heavy atom. The van der Waals surface area contributed by atoms with Crippen LogP contribution in [0.5, 0.6) is 0 Å². The van der Waals surface area contributed by atoms with Crippen molar-refractivity contribution in [1.29, 1.82) is 0 Å². The highest BCUT2D eigenvalue weighted by molar-refractivity contribution is 5.65. The lowest BCUT2D eigenvalue weighted by Crippen LogP contribution is -2.35. The fourth-order valence-electron chi connectivity index (χ4n) is 5.39. The molecule has 0 heterocycles. The molecule has 0 saturated carbocycles. The largest absolute Gasteiger partial charge is 0.550 e. The van der Waals surface area contributed by atoms with Gasteiger partial charge in [0.15, 0.2) is 0 Å². The maximum atomic E-state index is 9.77. The number of carbonyl (C=O) groups excluding carboxylic acids is 2. The van der Waals surface area contributed by atoms with Crippen LogP contribution in [0, 0.1) is 0 Å². The molecule has 278 valence electrons. The molecule has 6 heteroatoms. The molecule has 0 N–H and O–H groups in total. The van der Waals surface area contributed by atoms with Crippen molar-refractivity contribution in [2.45, 2.75) is 194 Å².